The maximum Gasteiger partial charge on any atom is 0.416 e. The van der Waals surface area contributed by atoms with Crippen LogP contribution < -0.4 is 4.74 Å². The second kappa shape index (κ2) is 6.60. The Morgan fingerprint density at radius 1 is 1.29 bits per heavy atom. The fourth-order valence-electron chi connectivity index (χ4n) is 1.84. The summed E-state index contributed by atoms with van der Waals surface area (Å²) in [5.41, 5.74) is -2.16. The number of carbonyl (C=O) groups excluding carboxylic acids is 1. The minimum absolute atomic E-state index is 0.0950. The van der Waals surface area contributed by atoms with Gasteiger partial charge in [-0.3, -0.25) is 10.1 Å². The predicted molar refractivity (Wildman–Crippen MR) is 74.9 cm³/mol. The summed E-state index contributed by atoms with van der Waals surface area (Å²) in [6, 6.07) is 3.14. The normalized spacial score (nSPS) is 11.2. The third kappa shape index (κ3) is 3.65. The van der Waals surface area contributed by atoms with Crippen LogP contribution in [0.15, 0.2) is 30.5 Å². The zero-order chi connectivity index (χ0) is 17.9. The molecule has 0 aliphatic carbocycles. The number of benzene rings is 1. The van der Waals surface area contributed by atoms with Crippen LogP contribution in [0, 0.1) is 10.1 Å². The van der Waals surface area contributed by atoms with E-state index in [0.717, 1.165) is 6.07 Å². The molecular weight excluding hydrogens is 333 g/mol. The van der Waals surface area contributed by atoms with Crippen molar-refractivity contribution in [2.75, 3.05) is 6.61 Å². The number of nitrogens with zero attached hydrogens (tertiary/aromatic N) is 1. The molecule has 1 heterocycles. The number of nitro benzene ring substituents is 1. The molecule has 0 saturated heterocycles. The number of halogens is 3. The number of alkyl halides is 3. The first kappa shape index (κ1) is 17.3. The van der Waals surface area contributed by atoms with Gasteiger partial charge in [0.15, 0.2) is 11.4 Å². The van der Waals surface area contributed by atoms with E-state index in [4.69, 9.17) is 9.47 Å². The van der Waals surface area contributed by atoms with Gasteiger partial charge in [0.05, 0.1) is 17.1 Å². The second-order valence-corrected chi connectivity index (χ2v) is 4.48. The molecule has 7 nitrogen and oxygen atoms in total. The number of carbonyl (C=O) groups is 1. The fraction of sp³-hybridized carbons (Fsp3) is 0.214. The summed E-state index contributed by atoms with van der Waals surface area (Å²) in [6.45, 7) is 1.68. The van der Waals surface area contributed by atoms with Crippen LogP contribution in [0.4, 0.5) is 18.9 Å². The summed E-state index contributed by atoms with van der Waals surface area (Å²) >= 11 is 0. The zero-order valence-electron chi connectivity index (χ0n) is 12.2. The van der Waals surface area contributed by atoms with Crippen molar-refractivity contribution in [3.63, 3.8) is 0 Å². The fourth-order valence-corrected chi connectivity index (χ4v) is 1.84. The van der Waals surface area contributed by atoms with Gasteiger partial charge in [-0.05, 0) is 25.1 Å². The molecule has 0 spiro atoms. The average Bonchev–Trinajstić information content (AvgIpc) is 2.94. The lowest BCUT2D eigenvalue weighted by Gasteiger charge is -2.10. The van der Waals surface area contributed by atoms with E-state index in [-0.39, 0.29) is 18.1 Å². The first-order chi connectivity index (χ1) is 11.2. The number of aromatic amines is 1. The Hall–Kier alpha value is -3.04. The van der Waals surface area contributed by atoms with E-state index >= 15 is 0 Å². The maximum atomic E-state index is 12.7. The van der Waals surface area contributed by atoms with Gasteiger partial charge in [-0.1, -0.05) is 0 Å². The van der Waals surface area contributed by atoms with Gasteiger partial charge in [0.25, 0.3) is 0 Å². The van der Waals surface area contributed by atoms with Crippen LogP contribution in [-0.4, -0.2) is 22.5 Å². The lowest BCUT2D eigenvalue weighted by atomic mass is 10.2. The minimum Gasteiger partial charge on any atom is -0.461 e. The summed E-state index contributed by atoms with van der Waals surface area (Å²) < 4.78 is 48.0. The molecule has 2 aromatic rings. The van der Waals surface area contributed by atoms with Gasteiger partial charge < -0.3 is 14.5 Å². The SMILES string of the molecule is CCOC(=O)c1[nH]ccc1Oc1ccc(C(F)(F)F)cc1[N+](=O)[O-]. The molecule has 1 aromatic heterocycles. The number of rotatable bonds is 5. The van der Waals surface area contributed by atoms with Crippen LogP contribution in [0.25, 0.3) is 0 Å². The Kier molecular flexibility index (Phi) is 4.77. The van der Waals surface area contributed by atoms with Crippen molar-refractivity contribution in [3.8, 4) is 11.5 Å². The van der Waals surface area contributed by atoms with Crippen molar-refractivity contribution >= 4 is 11.7 Å². The van der Waals surface area contributed by atoms with E-state index in [1.165, 1.54) is 12.3 Å². The highest BCUT2D eigenvalue weighted by Gasteiger charge is 2.33. The minimum atomic E-state index is -4.73. The largest absolute Gasteiger partial charge is 0.461 e. The number of esters is 1. The molecule has 0 bridgehead atoms. The molecule has 10 heteroatoms. The monoisotopic (exact) mass is 344 g/mol. The predicted octanol–water partition coefficient (Wildman–Crippen LogP) is 3.91. The molecule has 128 valence electrons. The molecule has 1 aromatic carbocycles. The Morgan fingerprint density at radius 3 is 2.58 bits per heavy atom. The third-order valence-corrected chi connectivity index (χ3v) is 2.89. The van der Waals surface area contributed by atoms with Gasteiger partial charge in [0, 0.05) is 12.3 Å². The van der Waals surface area contributed by atoms with Crippen molar-refractivity contribution < 1.29 is 32.4 Å². The summed E-state index contributed by atoms with van der Waals surface area (Å²) in [5.74, 6) is -1.29. The lowest BCUT2D eigenvalue weighted by molar-refractivity contribution is -0.385. The Labute approximate surface area is 133 Å². The Bertz CT molecular complexity index is 770. The van der Waals surface area contributed by atoms with Crippen LogP contribution in [0.1, 0.15) is 23.0 Å². The molecule has 0 saturated carbocycles. The van der Waals surface area contributed by atoms with Crippen LogP contribution >= 0.6 is 0 Å². The average molecular weight is 344 g/mol. The van der Waals surface area contributed by atoms with Crippen LogP contribution in [0.2, 0.25) is 0 Å². The highest BCUT2D eigenvalue weighted by atomic mass is 19.4. The second-order valence-electron chi connectivity index (χ2n) is 4.48. The van der Waals surface area contributed by atoms with Crippen molar-refractivity contribution in [2.24, 2.45) is 0 Å². The molecule has 24 heavy (non-hydrogen) atoms. The van der Waals surface area contributed by atoms with Crippen molar-refractivity contribution in [1.29, 1.82) is 0 Å². The van der Waals surface area contributed by atoms with Crippen LogP contribution in [0.5, 0.6) is 11.5 Å². The van der Waals surface area contributed by atoms with E-state index in [1.807, 2.05) is 0 Å². The molecule has 1 N–H and O–H groups in total. The number of nitro groups is 1. The first-order valence-electron chi connectivity index (χ1n) is 6.62. The molecular formula is C14H11F3N2O5. The first-order valence-corrected chi connectivity index (χ1v) is 6.62. The number of H-pyrrole nitrogens is 1. The quantitative estimate of drug-likeness (QED) is 0.504. The van der Waals surface area contributed by atoms with Crippen molar-refractivity contribution in [2.45, 2.75) is 13.1 Å². The van der Waals surface area contributed by atoms with E-state index in [1.54, 1.807) is 6.92 Å². The molecule has 0 fully saturated rings. The summed E-state index contributed by atoms with van der Waals surface area (Å²) in [5, 5.41) is 11.0. The van der Waals surface area contributed by atoms with Gasteiger partial charge in [0.1, 0.15) is 0 Å². The molecule has 2 rings (SSSR count). The van der Waals surface area contributed by atoms with E-state index in [2.05, 4.69) is 4.98 Å². The van der Waals surface area contributed by atoms with E-state index in [0.29, 0.717) is 12.1 Å². The highest BCUT2D eigenvalue weighted by molar-refractivity contribution is 5.90. The number of ether oxygens (including phenoxy) is 2. The molecule has 0 atom stereocenters. The maximum absolute atomic E-state index is 12.7. The smallest absolute Gasteiger partial charge is 0.416 e. The summed E-state index contributed by atoms with van der Waals surface area (Å²) in [6.07, 6.45) is -3.40. The standard InChI is InChI=1S/C14H11F3N2O5/c1-2-23-13(20)12-11(5-6-18-12)24-10-4-3-8(14(15,16)17)7-9(10)19(21)22/h3-7,18H,2H2,1H3. The van der Waals surface area contributed by atoms with E-state index in [9.17, 15) is 28.1 Å². The number of aromatic nitrogens is 1. The van der Waals surface area contributed by atoms with Gasteiger partial charge >= 0.3 is 17.8 Å². The van der Waals surface area contributed by atoms with Crippen LogP contribution in [-0.2, 0) is 10.9 Å². The number of hydrogen-bond acceptors (Lipinski definition) is 5. The molecule has 0 aliphatic heterocycles. The highest BCUT2D eigenvalue weighted by Crippen LogP contribution is 2.38. The molecule has 0 radical (unpaired) electrons. The summed E-state index contributed by atoms with van der Waals surface area (Å²) in [7, 11) is 0. The van der Waals surface area contributed by atoms with Crippen molar-refractivity contribution in [3.05, 3.63) is 51.8 Å². The Morgan fingerprint density at radius 2 is 2.00 bits per heavy atom. The third-order valence-electron chi connectivity index (χ3n) is 2.89. The number of nitrogens with one attached hydrogen (secondary N) is 1. The van der Waals surface area contributed by atoms with Gasteiger partial charge in [0.2, 0.25) is 5.75 Å². The van der Waals surface area contributed by atoms with Gasteiger partial charge in [-0.2, -0.15) is 13.2 Å². The molecule has 0 amide bonds. The summed E-state index contributed by atoms with van der Waals surface area (Å²) in [4.78, 5) is 24.3. The Balaban J connectivity index is 2.39. The van der Waals surface area contributed by atoms with Gasteiger partial charge in [-0.25, -0.2) is 4.79 Å². The topological polar surface area (TPSA) is 94.5 Å². The lowest BCUT2D eigenvalue weighted by Crippen LogP contribution is -2.08. The molecule has 0 unspecified atom stereocenters. The van der Waals surface area contributed by atoms with Gasteiger partial charge in [-0.15, -0.1) is 0 Å². The van der Waals surface area contributed by atoms with Crippen molar-refractivity contribution in [1.82, 2.24) is 4.98 Å². The van der Waals surface area contributed by atoms with E-state index < -0.39 is 34.1 Å². The molecule has 0 aliphatic rings. The number of hydrogen-bond donors (Lipinski definition) is 1. The zero-order valence-corrected chi connectivity index (χ0v) is 12.2. The van der Waals surface area contributed by atoms with Crippen LogP contribution in [0.3, 0.4) is 0 Å².